The van der Waals surface area contributed by atoms with Crippen molar-refractivity contribution in [1.29, 1.82) is 0 Å². The second-order valence-electron chi connectivity index (χ2n) is 3.15. The van der Waals surface area contributed by atoms with Crippen molar-refractivity contribution in [1.82, 2.24) is 10.1 Å². The third kappa shape index (κ3) is 1.92. The Morgan fingerprint density at radius 2 is 1.94 bits per heavy atom. The summed E-state index contributed by atoms with van der Waals surface area (Å²) in [4.78, 5) is 3.85. The molecule has 0 saturated heterocycles. The van der Waals surface area contributed by atoms with E-state index in [2.05, 4.69) is 10.1 Å². The van der Waals surface area contributed by atoms with Crippen LogP contribution in [0.2, 0.25) is 0 Å². The smallest absolute Gasteiger partial charge is 0.263 e. The van der Waals surface area contributed by atoms with Crippen LogP contribution in [-0.2, 0) is 6.42 Å². The van der Waals surface area contributed by atoms with Crippen molar-refractivity contribution < 1.29 is 13.3 Å². The minimum Gasteiger partial charge on any atom is -0.334 e. The topological polar surface area (TPSA) is 64.9 Å². The van der Waals surface area contributed by atoms with Gasteiger partial charge in [0.2, 0.25) is 0 Å². The molecule has 2 aromatic rings. The molecule has 84 valence electrons. The number of nitrogens with two attached hydrogens (primary N) is 1. The fourth-order valence-corrected chi connectivity index (χ4v) is 1.29. The van der Waals surface area contributed by atoms with Gasteiger partial charge in [-0.15, -0.1) is 0 Å². The van der Waals surface area contributed by atoms with E-state index in [1.54, 1.807) is 0 Å². The second-order valence-corrected chi connectivity index (χ2v) is 3.15. The Morgan fingerprint density at radius 3 is 2.56 bits per heavy atom. The number of halogens is 2. The van der Waals surface area contributed by atoms with Crippen LogP contribution < -0.4 is 5.73 Å². The fourth-order valence-electron chi connectivity index (χ4n) is 1.29. The molecule has 0 saturated carbocycles. The zero-order valence-corrected chi connectivity index (χ0v) is 8.28. The second kappa shape index (κ2) is 4.36. The largest absolute Gasteiger partial charge is 0.334 e. The molecule has 0 spiro atoms. The monoisotopic (exact) mass is 225 g/mol. The molecule has 2 rings (SSSR count). The Morgan fingerprint density at radius 1 is 1.25 bits per heavy atom. The van der Waals surface area contributed by atoms with Gasteiger partial charge >= 0.3 is 0 Å². The average Bonchev–Trinajstić information content (AvgIpc) is 2.67. The van der Waals surface area contributed by atoms with Crippen molar-refractivity contribution in [2.75, 3.05) is 6.54 Å². The van der Waals surface area contributed by atoms with Crippen molar-refractivity contribution in [3.8, 4) is 11.5 Å². The Balaban J connectivity index is 2.42. The van der Waals surface area contributed by atoms with E-state index in [1.165, 1.54) is 6.07 Å². The van der Waals surface area contributed by atoms with Crippen molar-refractivity contribution in [3.05, 3.63) is 35.7 Å². The molecule has 0 bridgehead atoms. The van der Waals surface area contributed by atoms with Gasteiger partial charge in [-0.2, -0.15) is 4.98 Å². The van der Waals surface area contributed by atoms with Gasteiger partial charge in [0.1, 0.15) is 17.2 Å². The van der Waals surface area contributed by atoms with Crippen LogP contribution in [0, 0.1) is 11.6 Å². The molecular weight excluding hydrogens is 216 g/mol. The summed E-state index contributed by atoms with van der Waals surface area (Å²) in [6, 6.07) is 3.53. The Kier molecular flexibility index (Phi) is 2.91. The third-order valence-electron chi connectivity index (χ3n) is 2.01. The Hall–Kier alpha value is -1.82. The molecule has 0 aliphatic rings. The maximum absolute atomic E-state index is 13.3. The molecule has 16 heavy (non-hydrogen) atoms. The van der Waals surface area contributed by atoms with Crippen molar-refractivity contribution >= 4 is 0 Å². The van der Waals surface area contributed by atoms with Gasteiger partial charge in [-0.25, -0.2) is 8.78 Å². The van der Waals surface area contributed by atoms with Crippen LogP contribution in [0.5, 0.6) is 0 Å². The van der Waals surface area contributed by atoms with Gasteiger partial charge in [0.05, 0.1) is 0 Å². The lowest BCUT2D eigenvalue weighted by Crippen LogP contribution is -2.03. The van der Waals surface area contributed by atoms with E-state index in [4.69, 9.17) is 10.3 Å². The van der Waals surface area contributed by atoms with E-state index in [0.29, 0.717) is 18.8 Å². The number of benzene rings is 1. The van der Waals surface area contributed by atoms with Crippen LogP contribution in [0.1, 0.15) is 5.82 Å². The lowest BCUT2D eigenvalue weighted by molar-refractivity contribution is 0.417. The molecular formula is C10H9F2N3O. The van der Waals surface area contributed by atoms with Gasteiger partial charge in [-0.1, -0.05) is 11.2 Å². The average molecular weight is 225 g/mol. The highest BCUT2D eigenvalue weighted by Crippen LogP contribution is 2.24. The maximum Gasteiger partial charge on any atom is 0.263 e. The fraction of sp³-hybridized carbons (Fsp3) is 0.200. The van der Waals surface area contributed by atoms with Crippen LogP contribution in [0.15, 0.2) is 22.7 Å². The predicted octanol–water partition coefficient (Wildman–Crippen LogP) is 1.52. The normalized spacial score (nSPS) is 10.7. The molecule has 0 aliphatic heterocycles. The lowest BCUT2D eigenvalue weighted by Gasteiger charge is -1.97. The highest BCUT2D eigenvalue weighted by atomic mass is 19.1. The van der Waals surface area contributed by atoms with Gasteiger partial charge in [0.25, 0.3) is 5.89 Å². The van der Waals surface area contributed by atoms with Gasteiger partial charge < -0.3 is 10.3 Å². The van der Waals surface area contributed by atoms with Crippen LogP contribution in [0.3, 0.4) is 0 Å². The first-order chi connectivity index (χ1) is 7.72. The minimum absolute atomic E-state index is 0.168. The molecule has 0 amide bonds. The molecule has 0 unspecified atom stereocenters. The molecule has 4 nitrogen and oxygen atoms in total. The highest BCUT2D eigenvalue weighted by molar-refractivity contribution is 5.54. The van der Waals surface area contributed by atoms with E-state index in [-0.39, 0.29) is 11.5 Å². The van der Waals surface area contributed by atoms with Gasteiger partial charge in [0.15, 0.2) is 5.82 Å². The Bertz CT molecular complexity index is 478. The first-order valence-corrected chi connectivity index (χ1v) is 4.69. The number of hydrogen-bond donors (Lipinski definition) is 1. The van der Waals surface area contributed by atoms with E-state index in [1.807, 2.05) is 0 Å². The van der Waals surface area contributed by atoms with Gasteiger partial charge in [-0.05, 0) is 18.7 Å². The summed E-state index contributed by atoms with van der Waals surface area (Å²) in [5.74, 6) is -1.30. The summed E-state index contributed by atoms with van der Waals surface area (Å²) >= 11 is 0. The molecule has 6 heteroatoms. The van der Waals surface area contributed by atoms with E-state index in [0.717, 1.165) is 12.1 Å². The van der Waals surface area contributed by atoms with Crippen LogP contribution >= 0.6 is 0 Å². The maximum atomic E-state index is 13.3. The summed E-state index contributed by atoms with van der Waals surface area (Å²) < 4.78 is 31.4. The van der Waals surface area contributed by atoms with Crippen LogP contribution in [-0.4, -0.2) is 16.7 Å². The molecule has 0 aliphatic carbocycles. The lowest BCUT2D eigenvalue weighted by atomic mass is 10.2. The number of aromatic nitrogens is 2. The Labute approximate surface area is 90.1 Å². The third-order valence-corrected chi connectivity index (χ3v) is 2.01. The van der Waals surface area contributed by atoms with E-state index >= 15 is 0 Å². The number of rotatable bonds is 3. The summed E-state index contributed by atoms with van der Waals surface area (Å²) in [5, 5.41) is 3.57. The van der Waals surface area contributed by atoms with E-state index in [9.17, 15) is 8.78 Å². The molecule has 0 atom stereocenters. The van der Waals surface area contributed by atoms with Crippen molar-refractivity contribution in [2.45, 2.75) is 6.42 Å². The minimum atomic E-state index is -0.733. The van der Waals surface area contributed by atoms with Crippen molar-refractivity contribution in [3.63, 3.8) is 0 Å². The zero-order valence-electron chi connectivity index (χ0n) is 8.28. The molecule has 1 aromatic carbocycles. The van der Waals surface area contributed by atoms with Gasteiger partial charge in [-0.3, -0.25) is 0 Å². The molecule has 0 radical (unpaired) electrons. The summed E-state index contributed by atoms with van der Waals surface area (Å²) in [6.07, 6.45) is 0.402. The number of hydrogen-bond acceptors (Lipinski definition) is 4. The first-order valence-electron chi connectivity index (χ1n) is 4.69. The SMILES string of the molecule is NCCc1noc(-c2c(F)cccc2F)n1. The van der Waals surface area contributed by atoms with Crippen LogP contribution in [0.25, 0.3) is 11.5 Å². The molecule has 0 fully saturated rings. The van der Waals surface area contributed by atoms with Crippen LogP contribution in [0.4, 0.5) is 8.78 Å². The standard InChI is InChI=1S/C10H9F2N3O/c11-6-2-1-3-7(12)9(6)10-14-8(4-5-13)15-16-10/h1-3H,4-5,13H2. The first kappa shape index (κ1) is 10.7. The zero-order chi connectivity index (χ0) is 11.5. The van der Waals surface area contributed by atoms with E-state index < -0.39 is 11.6 Å². The van der Waals surface area contributed by atoms with Gasteiger partial charge in [0, 0.05) is 6.42 Å². The van der Waals surface area contributed by atoms with Crippen molar-refractivity contribution in [2.24, 2.45) is 5.73 Å². The summed E-state index contributed by atoms with van der Waals surface area (Å²) in [5.41, 5.74) is 4.99. The molecule has 1 heterocycles. The highest BCUT2D eigenvalue weighted by Gasteiger charge is 2.17. The molecule has 2 N–H and O–H groups in total. The quantitative estimate of drug-likeness (QED) is 0.860. The predicted molar refractivity (Wildman–Crippen MR) is 52.4 cm³/mol. The number of nitrogens with zero attached hydrogens (tertiary/aromatic N) is 2. The molecule has 1 aromatic heterocycles. The summed E-state index contributed by atoms with van der Waals surface area (Å²) in [6.45, 7) is 0.346. The summed E-state index contributed by atoms with van der Waals surface area (Å²) in [7, 11) is 0.